The van der Waals surface area contributed by atoms with Crippen molar-refractivity contribution in [2.24, 2.45) is 5.92 Å². The Hall–Kier alpha value is -0.390. The van der Waals surface area contributed by atoms with Crippen LogP contribution < -0.4 is 10.6 Å². The van der Waals surface area contributed by atoms with Gasteiger partial charge in [-0.15, -0.1) is 0 Å². The van der Waals surface area contributed by atoms with Crippen LogP contribution in [0.5, 0.6) is 0 Å². The van der Waals surface area contributed by atoms with Gasteiger partial charge in [0.2, 0.25) is 5.91 Å². The molecule has 0 atom stereocenters. The molecule has 0 spiro atoms. The van der Waals surface area contributed by atoms with Crippen molar-refractivity contribution < 1.29 is 4.79 Å². The van der Waals surface area contributed by atoms with E-state index in [4.69, 9.17) is 0 Å². The van der Waals surface area contributed by atoms with E-state index in [9.17, 15) is 4.79 Å². The van der Waals surface area contributed by atoms with Gasteiger partial charge in [-0.2, -0.15) is 0 Å². The van der Waals surface area contributed by atoms with Crippen LogP contribution in [0.25, 0.3) is 0 Å². The maximum Gasteiger partial charge on any atom is 0.224 e. The summed E-state index contributed by atoms with van der Waals surface area (Å²) in [6.07, 6.45) is 2.80. The number of halogens is 2. The van der Waals surface area contributed by atoms with E-state index in [0.29, 0.717) is 12.3 Å². The first-order valence-corrected chi connectivity index (χ1v) is 7.69. The molecule has 1 heterocycles. The second-order valence-electron chi connectivity index (χ2n) is 4.57. The van der Waals surface area contributed by atoms with Crippen LogP contribution in [-0.2, 0) is 4.79 Å². The van der Waals surface area contributed by atoms with E-state index in [-0.39, 0.29) is 5.91 Å². The Bertz CT molecular complexity index is 431. The first-order valence-electron chi connectivity index (χ1n) is 6.11. The normalized spacial score (nSPS) is 16.6. The number of carbonyl (C=O) groups is 1. The lowest BCUT2D eigenvalue weighted by Crippen LogP contribution is -2.30. The molecular weight excluding hydrogens is 360 g/mol. The average molecular weight is 376 g/mol. The van der Waals surface area contributed by atoms with Crippen molar-refractivity contribution in [2.45, 2.75) is 19.3 Å². The summed E-state index contributed by atoms with van der Waals surface area (Å²) in [5, 5.41) is 6.27. The van der Waals surface area contributed by atoms with Gasteiger partial charge in [-0.25, -0.2) is 0 Å². The number of benzene rings is 1. The molecule has 2 N–H and O–H groups in total. The van der Waals surface area contributed by atoms with Gasteiger partial charge in [-0.05, 0) is 66.0 Å². The van der Waals surface area contributed by atoms with Crippen LogP contribution in [0.3, 0.4) is 0 Å². The highest BCUT2D eigenvalue weighted by molar-refractivity contribution is 9.11. The first-order chi connectivity index (χ1) is 8.65. The molecule has 1 fully saturated rings. The van der Waals surface area contributed by atoms with Crippen LogP contribution in [0.4, 0.5) is 5.69 Å². The number of anilines is 1. The van der Waals surface area contributed by atoms with E-state index >= 15 is 0 Å². The van der Waals surface area contributed by atoms with E-state index in [1.165, 1.54) is 0 Å². The van der Waals surface area contributed by atoms with E-state index in [0.717, 1.165) is 40.6 Å². The van der Waals surface area contributed by atoms with Crippen molar-refractivity contribution in [3.05, 3.63) is 27.1 Å². The van der Waals surface area contributed by atoms with Gasteiger partial charge in [-0.3, -0.25) is 4.79 Å². The minimum atomic E-state index is 0.102. The lowest BCUT2D eigenvalue weighted by molar-refractivity contribution is -0.117. The highest BCUT2D eigenvalue weighted by Gasteiger charge is 2.17. The summed E-state index contributed by atoms with van der Waals surface area (Å²) in [6.45, 7) is 2.06. The highest BCUT2D eigenvalue weighted by Crippen LogP contribution is 2.26. The summed E-state index contributed by atoms with van der Waals surface area (Å²) in [5.74, 6) is 0.616. The van der Waals surface area contributed by atoms with E-state index in [1.54, 1.807) is 0 Å². The fourth-order valence-electron chi connectivity index (χ4n) is 2.14. The smallest absolute Gasteiger partial charge is 0.224 e. The molecule has 1 saturated heterocycles. The van der Waals surface area contributed by atoms with Gasteiger partial charge in [0.25, 0.3) is 0 Å². The summed E-state index contributed by atoms with van der Waals surface area (Å²) in [5.41, 5.74) is 0.831. The number of piperidine rings is 1. The first kappa shape index (κ1) is 14.0. The summed E-state index contributed by atoms with van der Waals surface area (Å²) in [4.78, 5) is 12.0. The van der Waals surface area contributed by atoms with Gasteiger partial charge in [0, 0.05) is 15.4 Å². The Labute approximate surface area is 124 Å². The lowest BCUT2D eigenvalue weighted by atomic mass is 9.94. The summed E-state index contributed by atoms with van der Waals surface area (Å²) in [6, 6.07) is 5.75. The molecule has 0 radical (unpaired) electrons. The molecular formula is C13H16Br2N2O. The summed E-state index contributed by atoms with van der Waals surface area (Å²) in [7, 11) is 0. The van der Waals surface area contributed by atoms with Gasteiger partial charge in [0.15, 0.2) is 0 Å². The van der Waals surface area contributed by atoms with Crippen LogP contribution >= 0.6 is 31.9 Å². The topological polar surface area (TPSA) is 41.1 Å². The third kappa shape index (κ3) is 4.07. The zero-order valence-electron chi connectivity index (χ0n) is 10.0. The Morgan fingerprint density at radius 1 is 1.33 bits per heavy atom. The summed E-state index contributed by atoms with van der Waals surface area (Å²) >= 11 is 6.84. The molecule has 98 valence electrons. The van der Waals surface area contributed by atoms with Crippen molar-refractivity contribution >= 4 is 43.5 Å². The zero-order chi connectivity index (χ0) is 13.0. The molecule has 18 heavy (non-hydrogen) atoms. The third-order valence-electron chi connectivity index (χ3n) is 3.14. The van der Waals surface area contributed by atoms with E-state index in [2.05, 4.69) is 42.5 Å². The number of hydrogen-bond donors (Lipinski definition) is 2. The number of carbonyl (C=O) groups excluding carboxylic acids is 1. The second kappa shape index (κ2) is 6.68. The SMILES string of the molecule is O=C(CC1CCNCC1)Nc1ccc(Br)cc1Br. The van der Waals surface area contributed by atoms with Crippen LogP contribution in [0, 0.1) is 5.92 Å². The molecule has 0 aliphatic carbocycles. The maximum absolute atomic E-state index is 12.0. The molecule has 0 unspecified atom stereocenters. The Balaban J connectivity index is 1.90. The minimum absolute atomic E-state index is 0.102. The molecule has 5 heteroatoms. The predicted molar refractivity (Wildman–Crippen MR) is 80.7 cm³/mol. The van der Waals surface area contributed by atoms with Crippen LogP contribution in [-0.4, -0.2) is 19.0 Å². The Morgan fingerprint density at radius 3 is 2.72 bits per heavy atom. The monoisotopic (exact) mass is 374 g/mol. The fraction of sp³-hybridized carbons (Fsp3) is 0.462. The minimum Gasteiger partial charge on any atom is -0.325 e. The largest absolute Gasteiger partial charge is 0.325 e. The van der Waals surface area contributed by atoms with Gasteiger partial charge in [0.05, 0.1) is 5.69 Å². The lowest BCUT2D eigenvalue weighted by Gasteiger charge is -2.22. The standard InChI is InChI=1S/C13H16Br2N2O/c14-10-1-2-12(11(15)8-10)17-13(18)7-9-3-5-16-6-4-9/h1-2,8-9,16H,3-7H2,(H,17,18). The molecule has 1 amide bonds. The molecule has 1 aromatic rings. The van der Waals surface area contributed by atoms with Gasteiger partial charge >= 0.3 is 0 Å². The van der Waals surface area contributed by atoms with Crippen molar-refractivity contribution in [3.63, 3.8) is 0 Å². The highest BCUT2D eigenvalue weighted by atomic mass is 79.9. The Kier molecular flexibility index (Phi) is 5.21. The molecule has 1 aliphatic rings. The second-order valence-corrected chi connectivity index (χ2v) is 6.34. The van der Waals surface area contributed by atoms with Crippen LogP contribution in [0.1, 0.15) is 19.3 Å². The molecule has 3 nitrogen and oxygen atoms in total. The van der Waals surface area contributed by atoms with Gasteiger partial charge in [0.1, 0.15) is 0 Å². The van der Waals surface area contributed by atoms with Crippen molar-refractivity contribution in [2.75, 3.05) is 18.4 Å². The fourth-order valence-corrected chi connectivity index (χ4v) is 3.29. The van der Waals surface area contributed by atoms with Crippen LogP contribution in [0.2, 0.25) is 0 Å². The quantitative estimate of drug-likeness (QED) is 0.848. The molecule has 0 bridgehead atoms. The average Bonchev–Trinajstić information content (AvgIpc) is 2.34. The predicted octanol–water partition coefficient (Wildman–Crippen LogP) is 3.54. The molecule has 0 saturated carbocycles. The van der Waals surface area contributed by atoms with Gasteiger partial charge < -0.3 is 10.6 Å². The number of amides is 1. The molecule has 1 aliphatic heterocycles. The van der Waals surface area contributed by atoms with E-state index < -0.39 is 0 Å². The molecule has 1 aromatic carbocycles. The molecule has 0 aromatic heterocycles. The number of hydrogen-bond acceptors (Lipinski definition) is 2. The number of rotatable bonds is 3. The summed E-state index contributed by atoms with van der Waals surface area (Å²) < 4.78 is 1.89. The van der Waals surface area contributed by atoms with Crippen molar-refractivity contribution in [3.8, 4) is 0 Å². The van der Waals surface area contributed by atoms with Crippen molar-refractivity contribution in [1.29, 1.82) is 0 Å². The maximum atomic E-state index is 12.0. The Morgan fingerprint density at radius 2 is 2.06 bits per heavy atom. The van der Waals surface area contributed by atoms with Crippen molar-refractivity contribution in [1.82, 2.24) is 5.32 Å². The number of nitrogens with one attached hydrogen (secondary N) is 2. The van der Waals surface area contributed by atoms with Gasteiger partial charge in [-0.1, -0.05) is 15.9 Å². The third-order valence-corrected chi connectivity index (χ3v) is 4.29. The zero-order valence-corrected chi connectivity index (χ0v) is 13.2. The van der Waals surface area contributed by atoms with E-state index in [1.807, 2.05) is 18.2 Å². The molecule has 2 rings (SSSR count). The van der Waals surface area contributed by atoms with Crippen LogP contribution in [0.15, 0.2) is 27.1 Å².